The van der Waals surface area contributed by atoms with Gasteiger partial charge in [-0.1, -0.05) is 23.2 Å². The van der Waals surface area contributed by atoms with Crippen molar-refractivity contribution in [1.29, 1.82) is 5.26 Å². The van der Waals surface area contributed by atoms with Crippen molar-refractivity contribution < 1.29 is 14.2 Å². The van der Waals surface area contributed by atoms with Gasteiger partial charge in [0.05, 0.1) is 53.3 Å². The molecule has 2 aliphatic heterocycles. The van der Waals surface area contributed by atoms with Crippen LogP contribution in [0.1, 0.15) is 37.7 Å². The number of anilines is 2. The molecule has 10 heteroatoms. The van der Waals surface area contributed by atoms with Crippen LogP contribution in [0, 0.1) is 22.7 Å². The van der Waals surface area contributed by atoms with Gasteiger partial charge in [0.15, 0.2) is 11.5 Å². The first kappa shape index (κ1) is 29.1. The van der Waals surface area contributed by atoms with E-state index >= 15 is 0 Å². The number of nitrogens with one attached hydrogen (secondary N) is 1. The predicted octanol–water partition coefficient (Wildman–Crippen LogP) is 6.75. The van der Waals surface area contributed by atoms with Crippen LogP contribution in [0.4, 0.5) is 11.4 Å². The molecule has 2 aromatic carbocycles. The van der Waals surface area contributed by atoms with Crippen LogP contribution in [0.5, 0.6) is 17.2 Å². The zero-order chi connectivity index (χ0) is 29.3. The van der Waals surface area contributed by atoms with E-state index in [4.69, 9.17) is 37.4 Å². The van der Waals surface area contributed by atoms with Gasteiger partial charge >= 0.3 is 0 Å². The minimum absolute atomic E-state index is 0.365. The van der Waals surface area contributed by atoms with E-state index in [1.807, 2.05) is 12.1 Å². The number of methoxy groups -OCH3 is 2. The summed E-state index contributed by atoms with van der Waals surface area (Å²) < 4.78 is 17.2. The summed E-state index contributed by atoms with van der Waals surface area (Å²) >= 11 is 12.7. The van der Waals surface area contributed by atoms with Crippen molar-refractivity contribution in [2.24, 2.45) is 11.3 Å². The Morgan fingerprint density at radius 1 is 1.00 bits per heavy atom. The van der Waals surface area contributed by atoms with E-state index < -0.39 is 0 Å². The third-order valence-electron chi connectivity index (χ3n) is 8.90. The maximum absolute atomic E-state index is 9.82. The van der Waals surface area contributed by atoms with Crippen molar-refractivity contribution in [3.63, 3.8) is 0 Å². The first-order valence-corrected chi connectivity index (χ1v) is 15.4. The zero-order valence-electron chi connectivity index (χ0n) is 24.2. The van der Waals surface area contributed by atoms with Gasteiger partial charge in [-0.15, -0.1) is 0 Å². The predicted molar refractivity (Wildman–Crippen MR) is 167 cm³/mol. The Morgan fingerprint density at radius 2 is 1.76 bits per heavy atom. The Hall–Kier alpha value is -2.96. The van der Waals surface area contributed by atoms with Gasteiger partial charge in [0.25, 0.3) is 0 Å². The summed E-state index contributed by atoms with van der Waals surface area (Å²) in [6.07, 6.45) is 7.99. The molecular formula is C32H37Cl2N5O3. The van der Waals surface area contributed by atoms with Crippen LogP contribution in [-0.4, -0.2) is 74.9 Å². The van der Waals surface area contributed by atoms with E-state index in [2.05, 4.69) is 26.2 Å². The number of nitriles is 1. The zero-order valence-corrected chi connectivity index (χ0v) is 25.7. The molecule has 1 spiro atoms. The van der Waals surface area contributed by atoms with Gasteiger partial charge in [-0.05, 0) is 68.7 Å². The number of nitrogens with zero attached hydrogens (tertiary/aromatic N) is 4. The topological polar surface area (TPSA) is 82.9 Å². The van der Waals surface area contributed by atoms with Gasteiger partial charge in [0, 0.05) is 49.9 Å². The maximum Gasteiger partial charge on any atom is 0.163 e. The number of aromatic nitrogens is 1. The first-order valence-electron chi connectivity index (χ1n) is 14.7. The third-order valence-corrected chi connectivity index (χ3v) is 9.51. The van der Waals surface area contributed by atoms with E-state index in [1.165, 1.54) is 65.5 Å². The largest absolute Gasteiger partial charge is 0.495 e. The van der Waals surface area contributed by atoms with Crippen LogP contribution in [0.2, 0.25) is 10.0 Å². The van der Waals surface area contributed by atoms with Gasteiger partial charge < -0.3 is 29.3 Å². The monoisotopic (exact) mass is 609 g/mol. The van der Waals surface area contributed by atoms with Gasteiger partial charge in [0.1, 0.15) is 11.8 Å². The molecule has 222 valence electrons. The Balaban J connectivity index is 1.09. The standard InChI is InChI=1S/C32H37Cl2N5O3/c1-40-28-15-27(24(33)13-25(28)34)37-31-22(16-35)17-36-26-14-30(29(41-2)12-23(26)31)42-11-3-8-38-9-6-32(7-10-38)19-39(20-32)18-21-4-5-21/h12-15,17,21H,3-11,18-20H2,1-2H3,(H,36,37). The van der Waals surface area contributed by atoms with E-state index in [0.29, 0.717) is 67.2 Å². The minimum Gasteiger partial charge on any atom is -0.495 e. The Morgan fingerprint density at radius 3 is 2.45 bits per heavy atom. The van der Waals surface area contributed by atoms with Crippen molar-refractivity contribution in [3.05, 3.63) is 46.1 Å². The van der Waals surface area contributed by atoms with Gasteiger partial charge in [-0.2, -0.15) is 5.26 Å². The fourth-order valence-corrected chi connectivity index (χ4v) is 6.85. The summed E-state index contributed by atoms with van der Waals surface area (Å²) in [4.78, 5) is 9.78. The molecule has 42 heavy (non-hydrogen) atoms. The lowest BCUT2D eigenvalue weighted by Gasteiger charge is -2.54. The SMILES string of the molecule is COc1cc(Nc2c(C#N)cnc3cc(OCCCN4CCC5(CC4)CN(CC4CC4)C5)c(OC)cc23)c(Cl)cc1Cl. The van der Waals surface area contributed by atoms with Crippen LogP contribution in [0.25, 0.3) is 10.9 Å². The number of piperidine rings is 1. The summed E-state index contributed by atoms with van der Waals surface area (Å²) in [5.74, 6) is 2.66. The second kappa shape index (κ2) is 12.3. The number of pyridine rings is 1. The molecule has 3 aliphatic rings. The molecule has 2 saturated heterocycles. The van der Waals surface area contributed by atoms with Crippen LogP contribution in [0.3, 0.4) is 0 Å². The molecule has 3 fully saturated rings. The maximum atomic E-state index is 9.82. The molecule has 0 amide bonds. The van der Waals surface area contributed by atoms with Gasteiger partial charge in [0.2, 0.25) is 0 Å². The number of fused-ring (bicyclic) bond motifs is 1. The highest BCUT2D eigenvalue weighted by Crippen LogP contribution is 2.43. The van der Waals surface area contributed by atoms with E-state index in [9.17, 15) is 5.26 Å². The fourth-order valence-electron chi connectivity index (χ4n) is 6.34. The highest BCUT2D eigenvalue weighted by molar-refractivity contribution is 6.37. The van der Waals surface area contributed by atoms with Crippen LogP contribution in [0.15, 0.2) is 30.5 Å². The molecule has 0 radical (unpaired) electrons. The van der Waals surface area contributed by atoms with Crippen molar-refractivity contribution >= 4 is 45.5 Å². The normalized spacial score (nSPS) is 18.5. The summed E-state index contributed by atoms with van der Waals surface area (Å²) in [5, 5.41) is 14.6. The molecular weight excluding hydrogens is 573 g/mol. The van der Waals surface area contributed by atoms with Crippen molar-refractivity contribution in [2.45, 2.75) is 32.1 Å². The molecule has 3 heterocycles. The third kappa shape index (κ3) is 6.21. The number of rotatable bonds is 11. The second-order valence-electron chi connectivity index (χ2n) is 11.9. The minimum atomic E-state index is 0.365. The number of hydrogen-bond acceptors (Lipinski definition) is 8. The quantitative estimate of drug-likeness (QED) is 0.239. The van der Waals surface area contributed by atoms with Crippen molar-refractivity contribution in [2.75, 3.05) is 65.4 Å². The second-order valence-corrected chi connectivity index (χ2v) is 12.7. The smallest absolute Gasteiger partial charge is 0.163 e. The summed E-state index contributed by atoms with van der Waals surface area (Å²) in [6, 6.07) is 9.22. The molecule has 6 rings (SSSR count). The first-order chi connectivity index (χ1) is 20.4. The number of likely N-dealkylation sites (tertiary alicyclic amines) is 2. The fraction of sp³-hybridized carbons (Fsp3) is 0.500. The summed E-state index contributed by atoms with van der Waals surface area (Å²) in [6.45, 7) is 7.93. The molecule has 1 N–H and O–H groups in total. The van der Waals surface area contributed by atoms with Crippen molar-refractivity contribution in [3.8, 4) is 23.3 Å². The average Bonchev–Trinajstić information content (AvgIpc) is 3.80. The lowest BCUT2D eigenvalue weighted by atomic mass is 9.72. The molecule has 0 unspecified atom stereocenters. The van der Waals surface area contributed by atoms with Crippen molar-refractivity contribution in [1.82, 2.24) is 14.8 Å². The highest BCUT2D eigenvalue weighted by atomic mass is 35.5. The lowest BCUT2D eigenvalue weighted by molar-refractivity contribution is -0.0487. The number of ether oxygens (including phenoxy) is 3. The molecule has 3 aromatic rings. The Labute approximate surface area is 257 Å². The Kier molecular flexibility index (Phi) is 8.56. The lowest BCUT2D eigenvalue weighted by Crippen LogP contribution is -2.60. The molecule has 0 bridgehead atoms. The number of halogens is 2. The van der Waals surface area contributed by atoms with Crippen LogP contribution >= 0.6 is 23.2 Å². The van der Waals surface area contributed by atoms with E-state index in [0.717, 1.165) is 18.9 Å². The van der Waals surface area contributed by atoms with Gasteiger partial charge in [-0.3, -0.25) is 4.98 Å². The van der Waals surface area contributed by atoms with E-state index in [1.54, 1.807) is 25.4 Å². The van der Waals surface area contributed by atoms with E-state index in [-0.39, 0.29) is 0 Å². The summed E-state index contributed by atoms with van der Waals surface area (Å²) in [5.41, 5.74) is 2.73. The molecule has 0 atom stereocenters. The number of hydrogen-bond donors (Lipinski definition) is 1. The Bertz CT molecular complexity index is 1490. The molecule has 1 aliphatic carbocycles. The molecule has 1 saturated carbocycles. The van der Waals surface area contributed by atoms with Crippen LogP contribution < -0.4 is 19.5 Å². The molecule has 1 aromatic heterocycles. The van der Waals surface area contributed by atoms with Gasteiger partial charge in [-0.25, -0.2) is 0 Å². The molecule has 8 nitrogen and oxygen atoms in total. The average molecular weight is 611 g/mol. The summed E-state index contributed by atoms with van der Waals surface area (Å²) in [7, 11) is 3.15. The highest BCUT2D eigenvalue weighted by Gasteiger charge is 2.45. The van der Waals surface area contributed by atoms with Crippen LogP contribution in [-0.2, 0) is 0 Å². The number of benzene rings is 2.